The van der Waals surface area contributed by atoms with Crippen LogP contribution in [0.1, 0.15) is 5.56 Å². The van der Waals surface area contributed by atoms with E-state index >= 15 is 0 Å². The zero-order chi connectivity index (χ0) is 19.5. The second kappa shape index (κ2) is 7.93. The van der Waals surface area contributed by atoms with Crippen LogP contribution in [0.15, 0.2) is 102 Å². The van der Waals surface area contributed by atoms with E-state index in [1.807, 2.05) is 55.5 Å². The van der Waals surface area contributed by atoms with Crippen LogP contribution in [0.5, 0.6) is 0 Å². The molecule has 0 amide bonds. The first-order chi connectivity index (χ1) is 13.6. The summed E-state index contributed by atoms with van der Waals surface area (Å²) in [6.07, 6.45) is 0. The van der Waals surface area contributed by atoms with Crippen LogP contribution in [-0.2, 0) is 11.1 Å². The van der Waals surface area contributed by atoms with Gasteiger partial charge in [-0.15, -0.1) is 0 Å². The molecule has 4 aromatic rings. The number of hydrogen-bond donors (Lipinski definition) is 1. The standard InChI is InChI=1S/C25H20O2S/c1-18-14-21(12-13-25(18)28(26)27)24-16-22(19-8-4-2-5-9-19)15-23(17-24)20-10-6-3-7-11-20/h2-17H,1H3,(H,26,27). The number of hydrogen-bond acceptors (Lipinski definition) is 1. The van der Waals surface area contributed by atoms with Crippen LogP contribution < -0.4 is 0 Å². The minimum absolute atomic E-state index is 0.450. The fraction of sp³-hybridized carbons (Fsp3) is 0.0400. The van der Waals surface area contributed by atoms with Crippen molar-refractivity contribution >= 4 is 11.1 Å². The average Bonchev–Trinajstić information content (AvgIpc) is 2.74. The predicted octanol–water partition coefficient (Wildman–Crippen LogP) is 6.58. The molecule has 138 valence electrons. The van der Waals surface area contributed by atoms with Crippen molar-refractivity contribution in [2.24, 2.45) is 0 Å². The van der Waals surface area contributed by atoms with Crippen LogP contribution in [0.25, 0.3) is 33.4 Å². The zero-order valence-electron chi connectivity index (χ0n) is 15.5. The summed E-state index contributed by atoms with van der Waals surface area (Å²) < 4.78 is 20.9. The first-order valence-corrected chi connectivity index (χ1v) is 10.2. The molecule has 0 aromatic heterocycles. The van der Waals surface area contributed by atoms with Gasteiger partial charge in [0.1, 0.15) is 0 Å². The minimum Gasteiger partial charge on any atom is -0.302 e. The third-order valence-corrected chi connectivity index (χ3v) is 5.68. The van der Waals surface area contributed by atoms with Crippen molar-refractivity contribution in [2.45, 2.75) is 11.8 Å². The fourth-order valence-electron chi connectivity index (χ4n) is 3.41. The first kappa shape index (κ1) is 18.4. The van der Waals surface area contributed by atoms with E-state index in [9.17, 15) is 8.76 Å². The van der Waals surface area contributed by atoms with Gasteiger partial charge in [-0.25, -0.2) is 4.21 Å². The lowest BCUT2D eigenvalue weighted by molar-refractivity contribution is 0.564. The minimum atomic E-state index is -1.97. The summed E-state index contributed by atoms with van der Waals surface area (Å²) in [4.78, 5) is 0.450. The molecule has 2 nitrogen and oxygen atoms in total. The summed E-state index contributed by atoms with van der Waals surface area (Å²) >= 11 is -1.97. The van der Waals surface area contributed by atoms with Crippen LogP contribution in [0, 0.1) is 6.92 Å². The van der Waals surface area contributed by atoms with Gasteiger partial charge in [-0.05, 0) is 70.1 Å². The molecule has 0 heterocycles. The number of rotatable bonds is 4. The highest BCUT2D eigenvalue weighted by molar-refractivity contribution is 7.79. The third kappa shape index (κ3) is 3.81. The molecule has 0 saturated heterocycles. The molecule has 0 fully saturated rings. The van der Waals surface area contributed by atoms with Crippen molar-refractivity contribution in [2.75, 3.05) is 0 Å². The largest absolute Gasteiger partial charge is 0.302 e. The Morgan fingerprint density at radius 3 is 1.46 bits per heavy atom. The maximum Gasteiger partial charge on any atom is 0.186 e. The number of benzene rings is 4. The quantitative estimate of drug-likeness (QED) is 0.404. The topological polar surface area (TPSA) is 37.3 Å². The molecule has 1 atom stereocenters. The Morgan fingerprint density at radius 2 is 1.04 bits per heavy atom. The summed E-state index contributed by atoms with van der Waals surface area (Å²) in [5.74, 6) is 0. The zero-order valence-corrected chi connectivity index (χ0v) is 16.3. The van der Waals surface area contributed by atoms with Crippen molar-refractivity contribution in [3.63, 3.8) is 0 Å². The molecular weight excluding hydrogens is 364 g/mol. The highest BCUT2D eigenvalue weighted by Gasteiger charge is 2.10. The summed E-state index contributed by atoms with van der Waals surface area (Å²) in [6.45, 7) is 1.87. The Labute approximate surface area is 167 Å². The molecule has 0 aliphatic heterocycles. The normalized spacial score (nSPS) is 11.9. The monoisotopic (exact) mass is 384 g/mol. The summed E-state index contributed by atoms with van der Waals surface area (Å²) in [5.41, 5.74) is 7.52. The molecule has 1 unspecified atom stereocenters. The Morgan fingerprint density at radius 1 is 0.571 bits per heavy atom. The SMILES string of the molecule is Cc1cc(-c2cc(-c3ccccc3)cc(-c3ccccc3)c2)ccc1S(=O)O. The van der Waals surface area contributed by atoms with Crippen LogP contribution in [0.4, 0.5) is 0 Å². The van der Waals surface area contributed by atoms with E-state index in [1.165, 1.54) is 0 Å². The van der Waals surface area contributed by atoms with Gasteiger partial charge in [-0.2, -0.15) is 0 Å². The van der Waals surface area contributed by atoms with Crippen molar-refractivity contribution < 1.29 is 8.76 Å². The molecule has 4 aromatic carbocycles. The van der Waals surface area contributed by atoms with Gasteiger partial charge < -0.3 is 4.55 Å². The second-order valence-corrected chi connectivity index (χ2v) is 7.70. The van der Waals surface area contributed by atoms with Gasteiger partial charge in [0.05, 0.1) is 4.90 Å². The molecule has 1 N–H and O–H groups in total. The molecule has 28 heavy (non-hydrogen) atoms. The van der Waals surface area contributed by atoms with Crippen molar-refractivity contribution in [1.29, 1.82) is 0 Å². The van der Waals surface area contributed by atoms with Crippen molar-refractivity contribution in [3.8, 4) is 33.4 Å². The molecule has 0 radical (unpaired) electrons. The van der Waals surface area contributed by atoms with E-state index in [1.54, 1.807) is 6.07 Å². The lowest BCUT2D eigenvalue weighted by atomic mass is 9.93. The van der Waals surface area contributed by atoms with Gasteiger partial charge in [0.25, 0.3) is 0 Å². The first-order valence-electron chi connectivity index (χ1n) is 9.09. The van der Waals surface area contributed by atoms with Crippen LogP contribution >= 0.6 is 0 Å². The van der Waals surface area contributed by atoms with Gasteiger partial charge in [0, 0.05) is 0 Å². The molecule has 4 rings (SSSR count). The maximum absolute atomic E-state index is 11.5. The molecule has 0 aliphatic rings. The number of aryl methyl sites for hydroxylation is 1. The molecule has 0 aliphatic carbocycles. The molecular formula is C25H20O2S. The van der Waals surface area contributed by atoms with Gasteiger partial charge >= 0.3 is 0 Å². The van der Waals surface area contributed by atoms with E-state index < -0.39 is 11.1 Å². The Bertz CT molecular complexity index is 1080. The van der Waals surface area contributed by atoms with E-state index in [2.05, 4.69) is 42.5 Å². The van der Waals surface area contributed by atoms with E-state index in [-0.39, 0.29) is 0 Å². The molecule has 0 bridgehead atoms. The van der Waals surface area contributed by atoms with Gasteiger partial charge in [0.2, 0.25) is 0 Å². The molecule has 3 heteroatoms. The van der Waals surface area contributed by atoms with Crippen molar-refractivity contribution in [1.82, 2.24) is 0 Å². The highest BCUT2D eigenvalue weighted by Crippen LogP contribution is 2.33. The van der Waals surface area contributed by atoms with Crippen LogP contribution in [0.3, 0.4) is 0 Å². The lowest BCUT2D eigenvalue weighted by Crippen LogP contribution is -1.93. The van der Waals surface area contributed by atoms with Gasteiger partial charge in [-0.1, -0.05) is 72.8 Å². The summed E-state index contributed by atoms with van der Waals surface area (Å²) in [5, 5.41) is 0. The fourth-order valence-corrected chi connectivity index (χ4v) is 3.93. The highest BCUT2D eigenvalue weighted by atomic mass is 32.2. The second-order valence-electron chi connectivity index (χ2n) is 6.76. The Balaban J connectivity index is 1.89. The summed E-state index contributed by atoms with van der Waals surface area (Å²) in [7, 11) is 0. The average molecular weight is 385 g/mol. The maximum atomic E-state index is 11.5. The Hall–Kier alpha value is -3.01. The Kier molecular flexibility index (Phi) is 5.20. The van der Waals surface area contributed by atoms with Crippen LogP contribution in [-0.4, -0.2) is 8.76 Å². The van der Waals surface area contributed by atoms with Gasteiger partial charge in [-0.3, -0.25) is 0 Å². The van der Waals surface area contributed by atoms with E-state index in [4.69, 9.17) is 0 Å². The lowest BCUT2D eigenvalue weighted by Gasteiger charge is -2.12. The van der Waals surface area contributed by atoms with E-state index in [0.29, 0.717) is 4.90 Å². The predicted molar refractivity (Wildman–Crippen MR) is 117 cm³/mol. The van der Waals surface area contributed by atoms with Crippen molar-refractivity contribution in [3.05, 3.63) is 103 Å². The van der Waals surface area contributed by atoms with E-state index in [0.717, 1.165) is 38.9 Å². The molecule has 0 spiro atoms. The third-order valence-electron chi connectivity index (χ3n) is 4.84. The van der Waals surface area contributed by atoms with Gasteiger partial charge in [0.15, 0.2) is 11.1 Å². The summed E-state index contributed by atoms with van der Waals surface area (Å²) in [6, 6.07) is 32.8. The molecule has 0 saturated carbocycles. The van der Waals surface area contributed by atoms with Crippen LogP contribution in [0.2, 0.25) is 0 Å². The smallest absolute Gasteiger partial charge is 0.186 e.